The Labute approximate surface area is 187 Å². The van der Waals surface area contributed by atoms with Gasteiger partial charge in [-0.3, -0.25) is 14.7 Å². The first kappa shape index (κ1) is 21.1. The van der Waals surface area contributed by atoms with Crippen molar-refractivity contribution in [3.8, 4) is 0 Å². The highest BCUT2D eigenvalue weighted by Gasteiger charge is 2.38. The summed E-state index contributed by atoms with van der Waals surface area (Å²) in [5, 5.41) is 3.81. The smallest absolute Gasteiger partial charge is 0.258 e. The Hall–Kier alpha value is -3.15. The summed E-state index contributed by atoms with van der Waals surface area (Å²) >= 11 is 6.38. The van der Waals surface area contributed by atoms with Crippen LogP contribution in [-0.4, -0.2) is 30.2 Å². The average molecular weight is 433 g/mol. The van der Waals surface area contributed by atoms with Crippen LogP contribution in [-0.2, 0) is 4.79 Å². The van der Waals surface area contributed by atoms with Gasteiger partial charge in [0.05, 0.1) is 11.4 Å². The van der Waals surface area contributed by atoms with Gasteiger partial charge in [0.15, 0.2) is 0 Å². The van der Waals surface area contributed by atoms with Gasteiger partial charge in [-0.1, -0.05) is 41.9 Å². The number of carbonyl (C=O) groups is 1. The van der Waals surface area contributed by atoms with Crippen molar-refractivity contribution in [2.24, 2.45) is 10.7 Å². The van der Waals surface area contributed by atoms with E-state index in [4.69, 9.17) is 22.3 Å². The molecule has 158 valence electrons. The van der Waals surface area contributed by atoms with Gasteiger partial charge in [0.1, 0.15) is 5.54 Å². The van der Waals surface area contributed by atoms with E-state index in [9.17, 15) is 4.79 Å². The summed E-state index contributed by atoms with van der Waals surface area (Å²) in [6.07, 6.45) is 0. The molecule has 1 heterocycles. The molecule has 0 aliphatic carbocycles. The van der Waals surface area contributed by atoms with Crippen molar-refractivity contribution in [3.05, 3.63) is 88.9 Å². The molecule has 0 saturated heterocycles. The van der Waals surface area contributed by atoms with Gasteiger partial charge in [-0.05, 0) is 56.3 Å². The third-order valence-corrected chi connectivity index (χ3v) is 5.45. The highest BCUT2D eigenvalue weighted by atomic mass is 35.5. The third-order valence-electron chi connectivity index (χ3n) is 5.22. The van der Waals surface area contributed by atoms with Gasteiger partial charge in [0, 0.05) is 40.6 Å². The average Bonchev–Trinajstić information content (AvgIpc) is 2.86. The van der Waals surface area contributed by atoms with Gasteiger partial charge in [-0.25, -0.2) is 0 Å². The highest BCUT2D eigenvalue weighted by molar-refractivity contribution is 6.32. The predicted octanol–water partition coefficient (Wildman–Crippen LogP) is 5.00. The molecule has 1 aliphatic rings. The first-order valence-corrected chi connectivity index (χ1v) is 10.6. The maximum Gasteiger partial charge on any atom is 0.258 e. The molecule has 3 aromatic carbocycles. The first-order chi connectivity index (χ1) is 14.9. The third kappa shape index (κ3) is 4.20. The van der Waals surface area contributed by atoms with Crippen LogP contribution in [0.4, 0.5) is 17.1 Å². The van der Waals surface area contributed by atoms with E-state index in [0.29, 0.717) is 23.8 Å². The number of anilines is 3. The normalized spacial score (nSPS) is 15.2. The van der Waals surface area contributed by atoms with E-state index in [1.807, 2.05) is 86.6 Å². The summed E-state index contributed by atoms with van der Waals surface area (Å²) in [5.41, 5.74) is 9.62. The summed E-state index contributed by atoms with van der Waals surface area (Å²) in [5.74, 6) is -0.121. The number of hydrogen-bond donors (Lipinski definition) is 2. The van der Waals surface area contributed by atoms with Gasteiger partial charge >= 0.3 is 0 Å². The van der Waals surface area contributed by atoms with Crippen LogP contribution in [0.2, 0.25) is 5.02 Å². The van der Waals surface area contributed by atoms with E-state index in [-0.39, 0.29) is 5.91 Å². The van der Waals surface area contributed by atoms with Crippen LogP contribution < -0.4 is 16.0 Å². The zero-order valence-corrected chi connectivity index (χ0v) is 18.4. The molecule has 0 radical (unpaired) electrons. The minimum absolute atomic E-state index is 0.121. The van der Waals surface area contributed by atoms with Crippen molar-refractivity contribution in [2.45, 2.75) is 19.4 Å². The van der Waals surface area contributed by atoms with Crippen molar-refractivity contribution < 1.29 is 4.79 Å². The molecule has 6 heteroatoms. The van der Waals surface area contributed by atoms with Crippen LogP contribution in [0.5, 0.6) is 0 Å². The Morgan fingerprint density at radius 1 is 1.03 bits per heavy atom. The fourth-order valence-electron chi connectivity index (χ4n) is 3.68. The van der Waals surface area contributed by atoms with Crippen LogP contribution in [0.25, 0.3) is 0 Å². The molecule has 3 aromatic rings. The molecule has 1 aliphatic heterocycles. The number of aliphatic imine (C=N–C) groups is 1. The Morgan fingerprint density at radius 2 is 1.74 bits per heavy atom. The number of hydrogen-bond acceptors (Lipinski definition) is 4. The van der Waals surface area contributed by atoms with Gasteiger partial charge in [-0.2, -0.15) is 0 Å². The number of nitrogens with zero attached hydrogens (tertiary/aromatic N) is 2. The Kier molecular flexibility index (Phi) is 5.81. The number of fused-ring (bicyclic) bond motifs is 1. The molecule has 0 bridgehead atoms. The molecule has 5 nitrogen and oxygen atoms in total. The molecule has 0 aromatic heterocycles. The first-order valence-electron chi connectivity index (χ1n) is 10.2. The number of nitrogens with two attached hydrogens (primary N) is 1. The van der Waals surface area contributed by atoms with Crippen molar-refractivity contribution in [3.63, 3.8) is 0 Å². The van der Waals surface area contributed by atoms with Crippen LogP contribution in [0.1, 0.15) is 25.0 Å². The SMILES string of the molecule is CC1(C)N=C(c2ccccc2)c2ccc(Cl)cc2N(c2ccc(NCCN)cc2)C1=O. The summed E-state index contributed by atoms with van der Waals surface area (Å²) in [4.78, 5) is 20.4. The summed E-state index contributed by atoms with van der Waals surface area (Å²) in [6.45, 7) is 4.92. The van der Waals surface area contributed by atoms with Crippen LogP contribution in [0.15, 0.2) is 77.8 Å². The largest absolute Gasteiger partial charge is 0.384 e. The quantitative estimate of drug-likeness (QED) is 0.595. The lowest BCUT2D eigenvalue weighted by molar-refractivity contribution is -0.121. The Bertz CT molecular complexity index is 1120. The molecule has 1 amide bonds. The molecule has 0 unspecified atom stereocenters. The molecule has 3 N–H and O–H groups in total. The van der Waals surface area contributed by atoms with Crippen molar-refractivity contribution in [2.75, 3.05) is 23.3 Å². The van der Waals surface area contributed by atoms with E-state index in [1.165, 1.54) is 0 Å². The van der Waals surface area contributed by atoms with E-state index in [1.54, 1.807) is 4.90 Å². The summed E-state index contributed by atoms with van der Waals surface area (Å²) in [6, 6.07) is 23.2. The molecular weight excluding hydrogens is 408 g/mol. The Morgan fingerprint density at radius 3 is 2.42 bits per heavy atom. The monoisotopic (exact) mass is 432 g/mol. The minimum Gasteiger partial charge on any atom is -0.384 e. The number of nitrogens with one attached hydrogen (secondary N) is 1. The summed E-state index contributed by atoms with van der Waals surface area (Å²) in [7, 11) is 0. The van der Waals surface area contributed by atoms with Gasteiger partial charge in [0.25, 0.3) is 5.91 Å². The second-order valence-corrected chi connectivity index (χ2v) is 8.39. The van der Waals surface area contributed by atoms with Crippen molar-refractivity contribution >= 4 is 40.3 Å². The zero-order chi connectivity index (χ0) is 22.0. The van der Waals surface area contributed by atoms with Gasteiger partial charge < -0.3 is 11.1 Å². The van der Waals surface area contributed by atoms with Crippen molar-refractivity contribution in [1.29, 1.82) is 0 Å². The van der Waals surface area contributed by atoms with E-state index in [2.05, 4.69) is 5.32 Å². The Balaban J connectivity index is 1.88. The maximum absolute atomic E-state index is 13.7. The number of benzene rings is 3. The molecule has 0 spiro atoms. The topological polar surface area (TPSA) is 70.7 Å². The lowest BCUT2D eigenvalue weighted by atomic mass is 10.00. The van der Waals surface area contributed by atoms with Gasteiger partial charge in [-0.15, -0.1) is 0 Å². The predicted molar refractivity (Wildman–Crippen MR) is 129 cm³/mol. The standard InChI is InChI=1S/C25H25ClN4O/c1-25(2)24(31)30(20-11-9-19(10-12-20)28-15-14-27)22-16-18(26)8-13-21(22)23(29-25)17-6-4-3-5-7-17/h3-13,16,28H,14-15,27H2,1-2H3. The van der Waals surface area contributed by atoms with Crippen molar-refractivity contribution in [1.82, 2.24) is 0 Å². The van der Waals surface area contributed by atoms with E-state index in [0.717, 1.165) is 28.2 Å². The molecule has 0 fully saturated rings. The van der Waals surface area contributed by atoms with Gasteiger partial charge in [0.2, 0.25) is 0 Å². The number of halogens is 1. The fourth-order valence-corrected chi connectivity index (χ4v) is 3.84. The van der Waals surface area contributed by atoms with Crippen LogP contribution >= 0.6 is 11.6 Å². The maximum atomic E-state index is 13.7. The molecular formula is C25H25ClN4O. The lowest BCUT2D eigenvalue weighted by Crippen LogP contribution is -2.41. The molecule has 4 rings (SSSR count). The van der Waals surface area contributed by atoms with E-state index >= 15 is 0 Å². The number of carbonyl (C=O) groups excluding carboxylic acids is 1. The number of rotatable bonds is 5. The second kappa shape index (κ2) is 8.53. The minimum atomic E-state index is -0.965. The highest BCUT2D eigenvalue weighted by Crippen LogP contribution is 2.38. The van der Waals surface area contributed by atoms with Crippen LogP contribution in [0, 0.1) is 0 Å². The zero-order valence-electron chi connectivity index (χ0n) is 17.6. The fraction of sp³-hybridized carbons (Fsp3) is 0.200. The lowest BCUT2D eigenvalue weighted by Gasteiger charge is -2.28. The second-order valence-electron chi connectivity index (χ2n) is 7.95. The molecule has 0 saturated carbocycles. The number of amides is 1. The van der Waals surface area contributed by atoms with E-state index < -0.39 is 5.54 Å². The van der Waals surface area contributed by atoms with Crippen LogP contribution in [0.3, 0.4) is 0 Å². The molecule has 0 atom stereocenters. The molecule has 31 heavy (non-hydrogen) atoms. The summed E-state index contributed by atoms with van der Waals surface area (Å²) < 4.78 is 0. The number of benzodiazepines with no additional fused rings is 1.